The Balaban J connectivity index is 1.49. The molecule has 152 valence electrons. The fourth-order valence-corrected chi connectivity index (χ4v) is 3.89. The van der Waals surface area contributed by atoms with Gasteiger partial charge in [-0.25, -0.2) is 9.78 Å². The third-order valence-electron chi connectivity index (χ3n) is 5.58. The molecule has 1 aliphatic heterocycles. The zero-order valence-corrected chi connectivity index (χ0v) is 16.5. The zero-order chi connectivity index (χ0) is 20.6. The molecule has 0 spiro atoms. The summed E-state index contributed by atoms with van der Waals surface area (Å²) < 4.78 is 2.04. The van der Waals surface area contributed by atoms with Crippen LogP contribution in [-0.2, 0) is 11.3 Å². The van der Waals surface area contributed by atoms with Gasteiger partial charge in [-0.1, -0.05) is 0 Å². The molecule has 3 aromatic rings. The average molecular weight is 396 g/mol. The molecule has 1 fully saturated rings. The summed E-state index contributed by atoms with van der Waals surface area (Å²) in [6, 6.07) is 5.68. The minimum absolute atomic E-state index is 0.133. The highest BCUT2D eigenvalue weighted by Gasteiger charge is 2.39. The van der Waals surface area contributed by atoms with Gasteiger partial charge in [-0.05, 0) is 44.9 Å². The van der Waals surface area contributed by atoms with E-state index in [0.717, 1.165) is 17.6 Å². The lowest BCUT2D eigenvalue weighted by Crippen LogP contribution is -2.50. The number of piperidine rings is 1. The molecule has 3 N–H and O–H groups in total. The Morgan fingerprint density at radius 1 is 1.34 bits per heavy atom. The highest BCUT2D eigenvalue weighted by molar-refractivity contribution is 5.98. The van der Waals surface area contributed by atoms with Gasteiger partial charge in [0.2, 0.25) is 5.91 Å². The van der Waals surface area contributed by atoms with Crippen LogP contribution < -0.4 is 11.0 Å². The first-order valence-corrected chi connectivity index (χ1v) is 9.73. The molecule has 2 aromatic heterocycles. The van der Waals surface area contributed by atoms with E-state index in [-0.39, 0.29) is 24.1 Å². The van der Waals surface area contributed by atoms with Crippen molar-refractivity contribution in [1.82, 2.24) is 24.4 Å². The van der Waals surface area contributed by atoms with Crippen LogP contribution in [0.15, 0.2) is 35.5 Å². The van der Waals surface area contributed by atoms with Crippen molar-refractivity contribution in [3.8, 4) is 0 Å². The lowest BCUT2D eigenvalue weighted by molar-refractivity contribution is -0.127. The van der Waals surface area contributed by atoms with E-state index >= 15 is 0 Å². The van der Waals surface area contributed by atoms with Crippen LogP contribution in [0.3, 0.4) is 0 Å². The number of benzene rings is 1. The second kappa shape index (κ2) is 7.23. The van der Waals surface area contributed by atoms with E-state index in [1.165, 1.54) is 6.20 Å². The number of H-pyrrole nitrogens is 2. The van der Waals surface area contributed by atoms with E-state index in [2.05, 4.69) is 27.2 Å². The Bertz CT molecular complexity index is 1130. The van der Waals surface area contributed by atoms with Crippen LogP contribution in [0.4, 0.5) is 5.69 Å². The molecular weight excluding hydrogens is 372 g/mol. The molecule has 1 atom stereocenters. The molecule has 0 bridgehead atoms. The van der Waals surface area contributed by atoms with Crippen molar-refractivity contribution in [2.75, 3.05) is 18.4 Å². The third kappa shape index (κ3) is 3.55. The predicted octanol–water partition coefficient (Wildman–Crippen LogP) is 1.95. The standard InChI is InChI=1S/C20H24N6O3/c1-3-25-12-22-14-9-13(5-6-16(14)25)23-18(28)20(2)7-4-8-26(11-20)17(27)15-10-21-19(29)24-15/h5-6,9-10,12H,3-4,7-8,11H2,1-2H3,(H,23,28)(H2,21,24,29). The van der Waals surface area contributed by atoms with Gasteiger partial charge in [-0.15, -0.1) is 0 Å². The first-order valence-electron chi connectivity index (χ1n) is 9.73. The van der Waals surface area contributed by atoms with Crippen molar-refractivity contribution in [2.45, 2.75) is 33.2 Å². The summed E-state index contributed by atoms with van der Waals surface area (Å²) in [5.41, 5.74) is 1.59. The Hall–Kier alpha value is -3.36. The quantitative estimate of drug-likeness (QED) is 0.625. The van der Waals surface area contributed by atoms with Crippen molar-refractivity contribution in [2.24, 2.45) is 5.41 Å². The summed E-state index contributed by atoms with van der Waals surface area (Å²) in [5.74, 6) is -0.416. The molecule has 0 saturated carbocycles. The van der Waals surface area contributed by atoms with E-state index in [1.54, 1.807) is 11.2 Å². The third-order valence-corrected chi connectivity index (χ3v) is 5.58. The molecule has 1 aliphatic rings. The number of aryl methyl sites for hydroxylation is 1. The van der Waals surface area contributed by atoms with E-state index in [0.29, 0.717) is 25.1 Å². The van der Waals surface area contributed by atoms with Crippen LogP contribution in [0, 0.1) is 5.41 Å². The number of carbonyl (C=O) groups excluding carboxylic acids is 2. The summed E-state index contributed by atoms with van der Waals surface area (Å²) in [7, 11) is 0. The van der Waals surface area contributed by atoms with Crippen molar-refractivity contribution in [3.05, 3.63) is 46.9 Å². The van der Waals surface area contributed by atoms with Gasteiger partial charge < -0.3 is 24.8 Å². The van der Waals surface area contributed by atoms with Gasteiger partial charge in [0.1, 0.15) is 5.69 Å². The Kier molecular flexibility index (Phi) is 4.73. The van der Waals surface area contributed by atoms with Crippen LogP contribution in [0.1, 0.15) is 37.2 Å². The molecule has 1 aromatic carbocycles. The normalized spacial score (nSPS) is 19.4. The fraction of sp³-hybridized carbons (Fsp3) is 0.400. The van der Waals surface area contributed by atoms with E-state index in [9.17, 15) is 14.4 Å². The summed E-state index contributed by atoms with van der Waals surface area (Å²) in [5, 5.41) is 2.98. The number of hydrogen-bond donors (Lipinski definition) is 3. The number of anilines is 1. The second-order valence-corrected chi connectivity index (χ2v) is 7.74. The number of imidazole rings is 2. The molecule has 1 unspecified atom stereocenters. The van der Waals surface area contributed by atoms with E-state index in [4.69, 9.17) is 0 Å². The highest BCUT2D eigenvalue weighted by Crippen LogP contribution is 2.32. The number of amides is 2. The Morgan fingerprint density at radius 3 is 2.90 bits per heavy atom. The molecule has 4 rings (SSSR count). The van der Waals surface area contributed by atoms with Crippen LogP contribution in [0.2, 0.25) is 0 Å². The lowest BCUT2D eigenvalue weighted by atomic mass is 9.80. The van der Waals surface area contributed by atoms with Gasteiger partial charge in [0.15, 0.2) is 0 Å². The van der Waals surface area contributed by atoms with E-state index < -0.39 is 11.1 Å². The summed E-state index contributed by atoms with van der Waals surface area (Å²) >= 11 is 0. The molecule has 9 nitrogen and oxygen atoms in total. The molecular formula is C20H24N6O3. The minimum atomic E-state index is -0.720. The first kappa shape index (κ1) is 19.0. The maximum absolute atomic E-state index is 13.1. The first-order chi connectivity index (χ1) is 13.9. The number of rotatable bonds is 4. The summed E-state index contributed by atoms with van der Waals surface area (Å²) in [6.45, 7) is 5.59. The number of nitrogens with zero attached hydrogens (tertiary/aromatic N) is 3. The van der Waals surface area contributed by atoms with Crippen molar-refractivity contribution in [1.29, 1.82) is 0 Å². The molecule has 1 saturated heterocycles. The van der Waals surface area contributed by atoms with Crippen LogP contribution in [0.25, 0.3) is 11.0 Å². The van der Waals surface area contributed by atoms with Crippen molar-refractivity contribution in [3.63, 3.8) is 0 Å². The van der Waals surface area contributed by atoms with Gasteiger partial charge in [0, 0.05) is 31.5 Å². The molecule has 2 amide bonds. The highest BCUT2D eigenvalue weighted by atomic mass is 16.2. The van der Waals surface area contributed by atoms with Gasteiger partial charge in [-0.2, -0.15) is 0 Å². The lowest BCUT2D eigenvalue weighted by Gasteiger charge is -2.39. The van der Waals surface area contributed by atoms with Gasteiger partial charge >= 0.3 is 5.69 Å². The number of aromatic nitrogens is 4. The topological polar surface area (TPSA) is 116 Å². The minimum Gasteiger partial charge on any atom is -0.336 e. The number of nitrogens with one attached hydrogen (secondary N) is 3. The molecule has 9 heteroatoms. The second-order valence-electron chi connectivity index (χ2n) is 7.74. The maximum Gasteiger partial charge on any atom is 0.323 e. The zero-order valence-electron chi connectivity index (χ0n) is 16.5. The summed E-state index contributed by atoms with van der Waals surface area (Å²) in [4.78, 5) is 47.9. The van der Waals surface area contributed by atoms with Crippen molar-refractivity contribution >= 4 is 28.5 Å². The maximum atomic E-state index is 13.1. The molecule has 0 radical (unpaired) electrons. The van der Waals surface area contributed by atoms with Gasteiger partial charge in [-0.3, -0.25) is 9.59 Å². The molecule has 29 heavy (non-hydrogen) atoms. The smallest absolute Gasteiger partial charge is 0.323 e. The monoisotopic (exact) mass is 396 g/mol. The van der Waals surface area contributed by atoms with E-state index in [1.807, 2.05) is 29.7 Å². The number of likely N-dealkylation sites (tertiary alicyclic amines) is 1. The van der Waals surface area contributed by atoms with Gasteiger partial charge in [0.05, 0.1) is 22.8 Å². The van der Waals surface area contributed by atoms with Gasteiger partial charge in [0.25, 0.3) is 5.91 Å². The van der Waals surface area contributed by atoms with Crippen LogP contribution in [0.5, 0.6) is 0 Å². The molecule has 0 aliphatic carbocycles. The fourth-order valence-electron chi connectivity index (χ4n) is 3.89. The predicted molar refractivity (Wildman–Crippen MR) is 109 cm³/mol. The number of hydrogen-bond acceptors (Lipinski definition) is 4. The largest absolute Gasteiger partial charge is 0.336 e. The average Bonchev–Trinajstić information content (AvgIpc) is 3.33. The van der Waals surface area contributed by atoms with Crippen LogP contribution in [-0.4, -0.2) is 49.3 Å². The molecule has 3 heterocycles. The summed E-state index contributed by atoms with van der Waals surface area (Å²) in [6.07, 6.45) is 4.54. The number of fused-ring (bicyclic) bond motifs is 1. The van der Waals surface area contributed by atoms with Crippen LogP contribution >= 0.6 is 0 Å². The van der Waals surface area contributed by atoms with Crippen molar-refractivity contribution < 1.29 is 9.59 Å². The number of carbonyl (C=O) groups is 2. The SMILES string of the molecule is CCn1cnc2cc(NC(=O)C3(C)CCCN(C(=O)c4c[nH]c(=O)[nH]4)C3)ccc21. The Labute approximate surface area is 167 Å². The number of aromatic amines is 2. The Morgan fingerprint density at radius 2 is 2.17 bits per heavy atom.